The quantitative estimate of drug-likeness (QED) is 0.726. The van der Waals surface area contributed by atoms with E-state index in [1.165, 1.54) is 11.3 Å². The summed E-state index contributed by atoms with van der Waals surface area (Å²) in [7, 11) is 0. The second-order valence-electron chi connectivity index (χ2n) is 4.80. The number of hydrogen-bond donors (Lipinski definition) is 1. The van der Waals surface area contributed by atoms with Gasteiger partial charge in [0.05, 0.1) is 6.61 Å². The summed E-state index contributed by atoms with van der Waals surface area (Å²) >= 11 is 1.32. The van der Waals surface area contributed by atoms with E-state index in [4.69, 9.17) is 18.9 Å². The molecule has 0 fully saturated rings. The van der Waals surface area contributed by atoms with E-state index in [0.717, 1.165) is 5.01 Å². The maximum Gasteiger partial charge on any atom is 0.264 e. The van der Waals surface area contributed by atoms with Crippen molar-refractivity contribution < 1.29 is 23.7 Å². The summed E-state index contributed by atoms with van der Waals surface area (Å²) in [6.45, 7) is 3.26. The third-order valence-electron chi connectivity index (χ3n) is 3.09. The molecule has 0 saturated heterocycles. The number of rotatable bonds is 8. The standard InChI is InChI=1S/C15H17N3O5S/c1-2-20-6-5-14-17-18-15(24-14)16-13(19)8-21-10-3-4-11-12(7-10)23-9-22-11/h3-4,7H,2,5-6,8-9H2,1H3,(H,16,18,19). The molecule has 1 aliphatic rings. The van der Waals surface area contributed by atoms with E-state index < -0.39 is 0 Å². The fourth-order valence-electron chi connectivity index (χ4n) is 1.98. The van der Waals surface area contributed by atoms with E-state index in [2.05, 4.69) is 15.5 Å². The van der Waals surface area contributed by atoms with Crippen molar-refractivity contribution >= 4 is 22.4 Å². The monoisotopic (exact) mass is 351 g/mol. The van der Waals surface area contributed by atoms with Gasteiger partial charge in [-0.1, -0.05) is 11.3 Å². The molecule has 0 bridgehead atoms. The Morgan fingerprint density at radius 1 is 1.33 bits per heavy atom. The van der Waals surface area contributed by atoms with Crippen molar-refractivity contribution in [2.24, 2.45) is 0 Å². The van der Waals surface area contributed by atoms with Crippen LogP contribution >= 0.6 is 11.3 Å². The Balaban J connectivity index is 1.45. The molecule has 0 radical (unpaired) electrons. The zero-order chi connectivity index (χ0) is 16.8. The Bertz CT molecular complexity index is 706. The summed E-state index contributed by atoms with van der Waals surface area (Å²) in [5.41, 5.74) is 0. The van der Waals surface area contributed by atoms with Crippen molar-refractivity contribution in [2.45, 2.75) is 13.3 Å². The number of aromatic nitrogens is 2. The number of carbonyl (C=O) groups is 1. The molecule has 2 aromatic rings. The second kappa shape index (κ2) is 7.93. The third-order valence-corrected chi connectivity index (χ3v) is 3.99. The van der Waals surface area contributed by atoms with Crippen LogP contribution in [0.15, 0.2) is 18.2 Å². The Kier molecular flexibility index (Phi) is 5.44. The lowest BCUT2D eigenvalue weighted by Gasteiger charge is -2.06. The lowest BCUT2D eigenvalue weighted by Crippen LogP contribution is -2.20. The van der Waals surface area contributed by atoms with Gasteiger partial charge in [0.1, 0.15) is 10.8 Å². The molecule has 0 spiro atoms. The van der Waals surface area contributed by atoms with Crippen LogP contribution in [0.4, 0.5) is 5.13 Å². The summed E-state index contributed by atoms with van der Waals surface area (Å²) in [6, 6.07) is 5.15. The smallest absolute Gasteiger partial charge is 0.264 e. The predicted octanol–water partition coefficient (Wildman–Crippen LogP) is 1.86. The van der Waals surface area contributed by atoms with E-state index in [0.29, 0.717) is 42.0 Å². The fraction of sp³-hybridized carbons (Fsp3) is 0.400. The lowest BCUT2D eigenvalue weighted by molar-refractivity contribution is -0.118. The highest BCUT2D eigenvalue weighted by Gasteiger charge is 2.14. The minimum atomic E-state index is -0.305. The number of fused-ring (bicyclic) bond motifs is 1. The molecule has 8 nitrogen and oxygen atoms in total. The average Bonchev–Trinajstić information content (AvgIpc) is 3.22. The zero-order valence-corrected chi connectivity index (χ0v) is 13.9. The summed E-state index contributed by atoms with van der Waals surface area (Å²) in [5, 5.41) is 11.8. The van der Waals surface area contributed by atoms with Crippen LogP contribution in [0.3, 0.4) is 0 Å². The largest absolute Gasteiger partial charge is 0.484 e. The summed E-state index contributed by atoms with van der Waals surface area (Å²) in [5.74, 6) is 1.50. The first kappa shape index (κ1) is 16.5. The van der Waals surface area contributed by atoms with E-state index in [9.17, 15) is 4.79 Å². The van der Waals surface area contributed by atoms with Crippen LogP contribution in [0, 0.1) is 0 Å². The van der Waals surface area contributed by atoms with Crippen molar-refractivity contribution in [1.82, 2.24) is 10.2 Å². The van der Waals surface area contributed by atoms with Crippen LogP contribution in [0.5, 0.6) is 17.2 Å². The number of amides is 1. The topological polar surface area (TPSA) is 91.8 Å². The lowest BCUT2D eigenvalue weighted by atomic mass is 10.3. The van der Waals surface area contributed by atoms with E-state index in [-0.39, 0.29) is 19.3 Å². The number of ether oxygens (including phenoxy) is 4. The van der Waals surface area contributed by atoms with Gasteiger partial charge in [-0.25, -0.2) is 0 Å². The predicted molar refractivity (Wildman–Crippen MR) is 86.8 cm³/mol. The third kappa shape index (κ3) is 4.33. The molecule has 0 saturated carbocycles. The Labute approximate surface area is 142 Å². The number of anilines is 1. The highest BCUT2D eigenvalue weighted by atomic mass is 32.1. The van der Waals surface area contributed by atoms with E-state index in [1.807, 2.05) is 6.92 Å². The van der Waals surface area contributed by atoms with Crippen LogP contribution in [0.1, 0.15) is 11.9 Å². The molecule has 128 valence electrons. The maximum absolute atomic E-state index is 11.9. The van der Waals surface area contributed by atoms with Crippen LogP contribution < -0.4 is 19.5 Å². The second-order valence-corrected chi connectivity index (χ2v) is 5.86. The first-order chi connectivity index (χ1) is 11.7. The van der Waals surface area contributed by atoms with Crippen LogP contribution in [0.2, 0.25) is 0 Å². The van der Waals surface area contributed by atoms with Gasteiger partial charge < -0.3 is 18.9 Å². The highest BCUT2D eigenvalue weighted by molar-refractivity contribution is 7.15. The first-order valence-electron chi connectivity index (χ1n) is 7.47. The number of carbonyl (C=O) groups excluding carboxylic acids is 1. The first-order valence-corrected chi connectivity index (χ1v) is 8.28. The Morgan fingerprint density at radius 3 is 3.08 bits per heavy atom. The zero-order valence-electron chi connectivity index (χ0n) is 13.1. The van der Waals surface area contributed by atoms with Crippen LogP contribution in [-0.2, 0) is 16.0 Å². The van der Waals surface area contributed by atoms with E-state index >= 15 is 0 Å². The molecule has 1 aromatic heterocycles. The van der Waals surface area contributed by atoms with Gasteiger partial charge in [-0.2, -0.15) is 0 Å². The summed E-state index contributed by atoms with van der Waals surface area (Å²) in [4.78, 5) is 11.9. The SMILES string of the molecule is CCOCCc1nnc(NC(=O)COc2ccc3c(c2)OCO3)s1. The molecule has 1 N–H and O–H groups in total. The molecular weight excluding hydrogens is 334 g/mol. The molecule has 0 unspecified atom stereocenters. The van der Waals surface area contributed by atoms with Gasteiger partial charge in [-0.15, -0.1) is 10.2 Å². The average molecular weight is 351 g/mol. The van der Waals surface area contributed by atoms with Gasteiger partial charge in [0.15, 0.2) is 18.1 Å². The highest BCUT2D eigenvalue weighted by Crippen LogP contribution is 2.35. The van der Waals surface area contributed by atoms with Crippen molar-refractivity contribution in [3.8, 4) is 17.2 Å². The molecule has 3 rings (SSSR count). The Hall–Kier alpha value is -2.39. The minimum absolute atomic E-state index is 0.131. The van der Waals surface area contributed by atoms with Gasteiger partial charge in [0.25, 0.3) is 5.91 Å². The molecule has 1 aliphatic heterocycles. The number of nitrogens with zero attached hydrogens (tertiary/aromatic N) is 2. The number of benzene rings is 1. The van der Waals surface area contributed by atoms with Crippen molar-refractivity contribution in [1.29, 1.82) is 0 Å². The molecule has 9 heteroatoms. The van der Waals surface area contributed by atoms with Crippen LogP contribution in [-0.4, -0.2) is 42.7 Å². The van der Waals surface area contributed by atoms with Gasteiger partial charge in [0.2, 0.25) is 11.9 Å². The minimum Gasteiger partial charge on any atom is -0.484 e. The molecule has 1 aromatic carbocycles. The number of hydrogen-bond acceptors (Lipinski definition) is 8. The molecule has 24 heavy (non-hydrogen) atoms. The normalized spacial score (nSPS) is 12.2. The van der Waals surface area contributed by atoms with Crippen molar-refractivity contribution in [3.63, 3.8) is 0 Å². The maximum atomic E-state index is 11.9. The molecular formula is C15H17N3O5S. The summed E-state index contributed by atoms with van der Waals surface area (Å²) in [6.07, 6.45) is 0.676. The molecule has 1 amide bonds. The van der Waals surface area contributed by atoms with Gasteiger partial charge >= 0.3 is 0 Å². The fourth-order valence-corrected chi connectivity index (χ4v) is 2.72. The Morgan fingerprint density at radius 2 is 2.21 bits per heavy atom. The van der Waals surface area contributed by atoms with E-state index in [1.54, 1.807) is 18.2 Å². The molecule has 2 heterocycles. The van der Waals surface area contributed by atoms with Crippen molar-refractivity contribution in [2.75, 3.05) is 31.9 Å². The van der Waals surface area contributed by atoms with Gasteiger partial charge in [0, 0.05) is 19.1 Å². The number of nitrogens with one attached hydrogen (secondary N) is 1. The van der Waals surface area contributed by atoms with Gasteiger partial charge in [-0.3, -0.25) is 10.1 Å². The van der Waals surface area contributed by atoms with Gasteiger partial charge in [-0.05, 0) is 19.1 Å². The summed E-state index contributed by atoms with van der Waals surface area (Å²) < 4.78 is 21.2. The van der Waals surface area contributed by atoms with Crippen LogP contribution in [0.25, 0.3) is 0 Å². The molecule has 0 atom stereocenters. The molecule has 0 aliphatic carbocycles. The van der Waals surface area contributed by atoms with Crippen molar-refractivity contribution in [3.05, 3.63) is 23.2 Å².